The monoisotopic (exact) mass is 466 g/mol. The van der Waals surface area contributed by atoms with Crippen molar-refractivity contribution in [3.05, 3.63) is 59.7 Å². The number of unbranched alkanes of at least 4 members (excludes halogenated alkanes) is 1. The Bertz CT molecular complexity index is 961. The number of ether oxygens (including phenoxy) is 1. The summed E-state index contributed by atoms with van der Waals surface area (Å²) in [5, 5.41) is 14.5. The molecule has 0 aromatic heterocycles. The Morgan fingerprint density at radius 1 is 0.971 bits per heavy atom. The molecular formula is C27H34N2O5. The van der Waals surface area contributed by atoms with Crippen LogP contribution >= 0.6 is 0 Å². The summed E-state index contributed by atoms with van der Waals surface area (Å²) in [5.41, 5.74) is 4.58. The summed E-state index contributed by atoms with van der Waals surface area (Å²) in [4.78, 5) is 36.2. The summed E-state index contributed by atoms with van der Waals surface area (Å²) < 4.78 is 5.59. The largest absolute Gasteiger partial charge is 0.481 e. The predicted octanol–water partition coefficient (Wildman–Crippen LogP) is 4.70. The van der Waals surface area contributed by atoms with E-state index in [9.17, 15) is 14.4 Å². The van der Waals surface area contributed by atoms with Crippen LogP contribution in [-0.4, -0.2) is 42.3 Å². The van der Waals surface area contributed by atoms with Gasteiger partial charge in [-0.25, -0.2) is 4.79 Å². The second kappa shape index (κ2) is 12.2. The van der Waals surface area contributed by atoms with Gasteiger partial charge in [0.25, 0.3) is 0 Å². The fraction of sp³-hybridized carbons (Fsp3) is 0.444. The van der Waals surface area contributed by atoms with Crippen LogP contribution in [-0.2, 0) is 14.3 Å². The Hall–Kier alpha value is -3.35. The van der Waals surface area contributed by atoms with Crippen molar-refractivity contribution in [2.24, 2.45) is 5.92 Å². The number of carbonyl (C=O) groups excluding carboxylic acids is 2. The van der Waals surface area contributed by atoms with E-state index in [1.54, 1.807) is 6.92 Å². The molecule has 0 bridgehead atoms. The maximum Gasteiger partial charge on any atom is 0.407 e. The third-order valence-electron chi connectivity index (χ3n) is 6.33. The second-order valence-electron chi connectivity index (χ2n) is 8.84. The number of carboxylic acids is 1. The first-order valence-corrected chi connectivity index (χ1v) is 12.0. The first-order valence-electron chi connectivity index (χ1n) is 12.0. The van der Waals surface area contributed by atoms with Gasteiger partial charge in [-0.05, 0) is 41.5 Å². The number of amides is 2. The van der Waals surface area contributed by atoms with Crippen molar-refractivity contribution in [2.75, 3.05) is 13.2 Å². The average Bonchev–Trinajstić information content (AvgIpc) is 3.16. The van der Waals surface area contributed by atoms with Crippen LogP contribution in [0.2, 0.25) is 0 Å². The van der Waals surface area contributed by atoms with Crippen LogP contribution in [0.3, 0.4) is 0 Å². The van der Waals surface area contributed by atoms with E-state index in [0.29, 0.717) is 25.8 Å². The molecule has 2 aromatic carbocycles. The average molecular weight is 467 g/mol. The Balaban J connectivity index is 1.55. The third-order valence-corrected chi connectivity index (χ3v) is 6.33. The van der Waals surface area contributed by atoms with E-state index in [4.69, 9.17) is 9.84 Å². The molecule has 7 nitrogen and oxygen atoms in total. The molecule has 3 rings (SSSR count). The van der Waals surface area contributed by atoms with Crippen LogP contribution in [0.4, 0.5) is 4.79 Å². The molecule has 1 aliphatic rings. The lowest BCUT2D eigenvalue weighted by Gasteiger charge is -2.20. The normalized spacial score (nSPS) is 13.9. The van der Waals surface area contributed by atoms with E-state index >= 15 is 0 Å². The molecule has 2 atom stereocenters. The van der Waals surface area contributed by atoms with Gasteiger partial charge < -0.3 is 20.5 Å². The minimum absolute atomic E-state index is 0.0442. The minimum Gasteiger partial charge on any atom is -0.481 e. The van der Waals surface area contributed by atoms with Crippen LogP contribution in [0.15, 0.2) is 48.5 Å². The van der Waals surface area contributed by atoms with Crippen molar-refractivity contribution >= 4 is 18.0 Å². The molecule has 0 saturated carbocycles. The number of fused-ring (bicyclic) bond motifs is 3. The topological polar surface area (TPSA) is 105 Å². The highest BCUT2D eigenvalue weighted by Crippen LogP contribution is 2.44. The van der Waals surface area contributed by atoms with Gasteiger partial charge in [-0.15, -0.1) is 0 Å². The lowest BCUT2D eigenvalue weighted by molar-refractivity contribution is -0.141. The van der Waals surface area contributed by atoms with Gasteiger partial charge in [0.15, 0.2) is 0 Å². The van der Waals surface area contributed by atoms with Crippen molar-refractivity contribution < 1.29 is 24.2 Å². The summed E-state index contributed by atoms with van der Waals surface area (Å²) >= 11 is 0. The van der Waals surface area contributed by atoms with E-state index in [1.165, 1.54) is 0 Å². The molecule has 0 saturated heterocycles. The second-order valence-corrected chi connectivity index (χ2v) is 8.84. The fourth-order valence-corrected chi connectivity index (χ4v) is 4.33. The zero-order valence-corrected chi connectivity index (χ0v) is 19.9. The first-order chi connectivity index (χ1) is 16.4. The molecule has 2 amide bonds. The lowest BCUT2D eigenvalue weighted by atomic mass is 9.98. The number of rotatable bonds is 12. The van der Waals surface area contributed by atoms with Crippen LogP contribution in [0, 0.1) is 5.92 Å². The summed E-state index contributed by atoms with van der Waals surface area (Å²) in [6, 6.07) is 15.6. The number of carbonyl (C=O) groups is 3. The van der Waals surface area contributed by atoms with Gasteiger partial charge in [0.05, 0.1) is 5.92 Å². The van der Waals surface area contributed by atoms with Gasteiger partial charge in [-0.3, -0.25) is 9.59 Å². The third kappa shape index (κ3) is 6.37. The van der Waals surface area contributed by atoms with Gasteiger partial charge in [-0.2, -0.15) is 0 Å². The van der Waals surface area contributed by atoms with Crippen LogP contribution in [0.5, 0.6) is 0 Å². The molecule has 0 aliphatic heterocycles. The molecule has 0 heterocycles. The zero-order chi connectivity index (χ0) is 24.5. The van der Waals surface area contributed by atoms with Gasteiger partial charge in [0.1, 0.15) is 12.6 Å². The number of nitrogens with one attached hydrogen (secondary N) is 2. The smallest absolute Gasteiger partial charge is 0.407 e. The van der Waals surface area contributed by atoms with Gasteiger partial charge in [0.2, 0.25) is 5.91 Å². The first kappa shape index (κ1) is 25.3. The van der Waals surface area contributed by atoms with E-state index in [0.717, 1.165) is 35.1 Å². The molecule has 2 aromatic rings. The van der Waals surface area contributed by atoms with Crippen molar-refractivity contribution in [3.63, 3.8) is 0 Å². The molecule has 0 fully saturated rings. The highest BCUT2D eigenvalue weighted by atomic mass is 16.5. The van der Waals surface area contributed by atoms with Crippen LogP contribution in [0.1, 0.15) is 63.0 Å². The number of hydrogen-bond acceptors (Lipinski definition) is 4. The Labute approximate surface area is 200 Å². The SMILES string of the molecule is CCCCC(NC(=O)OCC1c2ccccc2-c2ccccc21)C(=O)NCCCC(C)C(=O)O. The van der Waals surface area contributed by atoms with Gasteiger partial charge in [0, 0.05) is 12.5 Å². The van der Waals surface area contributed by atoms with Crippen molar-refractivity contribution in [1.82, 2.24) is 10.6 Å². The van der Waals surface area contributed by atoms with Gasteiger partial charge >= 0.3 is 12.1 Å². The molecule has 1 aliphatic carbocycles. The molecule has 0 spiro atoms. The van der Waals surface area contributed by atoms with Crippen molar-refractivity contribution in [1.29, 1.82) is 0 Å². The Morgan fingerprint density at radius 2 is 1.59 bits per heavy atom. The maximum absolute atomic E-state index is 12.7. The molecule has 7 heteroatoms. The lowest BCUT2D eigenvalue weighted by Crippen LogP contribution is -2.47. The number of alkyl carbamates (subject to hydrolysis) is 1. The molecule has 2 unspecified atom stereocenters. The van der Waals surface area contributed by atoms with Crippen molar-refractivity contribution in [2.45, 2.75) is 57.9 Å². The maximum atomic E-state index is 12.7. The molecule has 0 radical (unpaired) electrons. The highest BCUT2D eigenvalue weighted by Gasteiger charge is 2.29. The van der Waals surface area contributed by atoms with E-state index in [1.807, 2.05) is 31.2 Å². The van der Waals surface area contributed by atoms with E-state index in [2.05, 4.69) is 34.9 Å². The number of aliphatic carboxylic acids is 1. The molecule has 34 heavy (non-hydrogen) atoms. The predicted molar refractivity (Wildman–Crippen MR) is 131 cm³/mol. The molecular weight excluding hydrogens is 432 g/mol. The standard InChI is InChI=1S/C27H34N2O5/c1-3-4-15-24(25(30)28-16-9-10-18(2)26(31)32)29-27(33)34-17-23-21-13-7-5-11-19(21)20-12-6-8-14-22(20)23/h5-8,11-14,18,23-24H,3-4,9-10,15-17H2,1-2H3,(H,28,30)(H,29,33)(H,31,32). The highest BCUT2D eigenvalue weighted by molar-refractivity contribution is 5.85. The van der Waals surface area contributed by atoms with E-state index < -0.39 is 24.0 Å². The van der Waals surface area contributed by atoms with Crippen molar-refractivity contribution in [3.8, 4) is 11.1 Å². The minimum atomic E-state index is -0.843. The van der Waals surface area contributed by atoms with Crippen LogP contribution < -0.4 is 10.6 Å². The Morgan fingerprint density at radius 3 is 2.18 bits per heavy atom. The number of hydrogen-bond donors (Lipinski definition) is 3. The van der Waals surface area contributed by atoms with Gasteiger partial charge in [-0.1, -0.05) is 75.2 Å². The zero-order valence-electron chi connectivity index (χ0n) is 19.9. The quantitative estimate of drug-likeness (QED) is 0.393. The molecule has 3 N–H and O–H groups in total. The fourth-order valence-electron chi connectivity index (χ4n) is 4.33. The summed E-state index contributed by atoms with van der Waals surface area (Å²) in [6.45, 7) is 4.23. The van der Waals surface area contributed by atoms with E-state index in [-0.39, 0.29) is 18.4 Å². The Kier molecular flexibility index (Phi) is 9.08. The van der Waals surface area contributed by atoms with Crippen LogP contribution in [0.25, 0.3) is 11.1 Å². The summed E-state index contributed by atoms with van der Waals surface area (Å²) in [7, 11) is 0. The summed E-state index contributed by atoms with van der Waals surface area (Å²) in [6.07, 6.45) is 2.62. The summed E-state index contributed by atoms with van der Waals surface area (Å²) in [5.74, 6) is -1.61. The number of benzene rings is 2. The number of carboxylic acid groups (broad SMARTS) is 1. The molecule has 182 valence electrons.